The molecule has 4 heterocycles. The minimum Gasteiger partial charge on any atom is -0.460 e. The Morgan fingerprint density at radius 1 is 1.20 bits per heavy atom. The van der Waals surface area contributed by atoms with Crippen molar-refractivity contribution in [1.29, 1.82) is 0 Å². The molecule has 2 saturated heterocycles. The first-order chi connectivity index (χ1) is 19.1. The molecule has 0 saturated carbocycles. The Labute approximate surface area is 244 Å². The van der Waals surface area contributed by atoms with Crippen LogP contribution in [0.1, 0.15) is 59.8 Å². The van der Waals surface area contributed by atoms with Gasteiger partial charge >= 0.3 is 5.97 Å². The predicted molar refractivity (Wildman–Crippen MR) is 151 cm³/mol. The number of aliphatic hydroxyl groups is 1. The van der Waals surface area contributed by atoms with E-state index in [1.54, 1.807) is 17.9 Å². The van der Waals surface area contributed by atoms with E-state index in [0.29, 0.717) is 30.4 Å². The number of carbonyl (C=O) groups excluding carboxylic acids is 4. The molecule has 1 spiro atoms. The topological polar surface area (TPSA) is 125 Å². The Kier molecular flexibility index (Phi) is 9.78. The number of rotatable bonds is 7. The third kappa shape index (κ3) is 5.48. The number of amides is 3. The van der Waals surface area contributed by atoms with Crippen molar-refractivity contribution in [3.63, 3.8) is 0 Å². The molecule has 8 atom stereocenters. The second kappa shape index (κ2) is 12.7. The number of halogens is 1. The molecule has 0 aromatic carbocycles. The van der Waals surface area contributed by atoms with Crippen LogP contribution in [0, 0.1) is 17.8 Å². The van der Waals surface area contributed by atoms with Crippen LogP contribution in [0.15, 0.2) is 22.7 Å². The summed E-state index contributed by atoms with van der Waals surface area (Å²) in [6, 6.07) is -1.67. The highest BCUT2D eigenvalue weighted by molar-refractivity contribution is 9.11. The van der Waals surface area contributed by atoms with Gasteiger partial charge in [-0.15, -0.1) is 0 Å². The minimum atomic E-state index is -1.37. The average molecular weight is 625 g/mol. The van der Waals surface area contributed by atoms with Crippen molar-refractivity contribution in [3.8, 4) is 0 Å². The molecular formula is C29H42BrN3O7. The van der Waals surface area contributed by atoms with E-state index >= 15 is 0 Å². The van der Waals surface area contributed by atoms with Gasteiger partial charge in [-0.1, -0.05) is 61.7 Å². The molecule has 5 bridgehead atoms. The van der Waals surface area contributed by atoms with E-state index in [1.807, 2.05) is 32.9 Å². The third-order valence-electron chi connectivity index (χ3n) is 8.74. The molecule has 222 valence electrons. The summed E-state index contributed by atoms with van der Waals surface area (Å²) < 4.78 is 12.8. The van der Waals surface area contributed by atoms with Gasteiger partial charge in [-0.3, -0.25) is 19.2 Å². The molecule has 0 aliphatic carbocycles. The largest absolute Gasteiger partial charge is 0.460 e. The maximum atomic E-state index is 14.5. The summed E-state index contributed by atoms with van der Waals surface area (Å²) in [4.78, 5) is 58.0. The zero-order chi connectivity index (χ0) is 29.2. The average Bonchev–Trinajstić information content (AvgIpc) is 3.52. The second-order valence-corrected chi connectivity index (χ2v) is 12.3. The SMILES string of the molecule is CCCCN1C/C=C\CCC(=O)NC[C@@H](C)OC(=O)[C@@H]2[C@H]3O[C@@]4(C=C3Br)[C@H](C1=O)N([C@@H](CO)[C@@H](C)CC)C(=O)[C@@H]24. The van der Waals surface area contributed by atoms with Crippen molar-refractivity contribution in [2.75, 3.05) is 26.2 Å². The predicted octanol–water partition coefficient (Wildman–Crippen LogP) is 2.29. The molecule has 11 heteroatoms. The highest BCUT2D eigenvalue weighted by atomic mass is 79.9. The Morgan fingerprint density at radius 3 is 2.62 bits per heavy atom. The summed E-state index contributed by atoms with van der Waals surface area (Å²) >= 11 is 3.55. The van der Waals surface area contributed by atoms with Gasteiger partial charge in [-0.25, -0.2) is 0 Å². The van der Waals surface area contributed by atoms with Crippen LogP contribution >= 0.6 is 15.9 Å². The van der Waals surface area contributed by atoms with Gasteiger partial charge < -0.3 is 29.7 Å². The van der Waals surface area contributed by atoms with Gasteiger partial charge in [-0.2, -0.15) is 0 Å². The number of allylic oxidation sites excluding steroid dienone is 1. The van der Waals surface area contributed by atoms with Crippen molar-refractivity contribution in [2.45, 2.75) is 89.7 Å². The van der Waals surface area contributed by atoms with E-state index in [1.165, 1.54) is 4.90 Å². The number of ether oxygens (including phenoxy) is 2. The van der Waals surface area contributed by atoms with Gasteiger partial charge in [0, 0.05) is 24.0 Å². The van der Waals surface area contributed by atoms with Crippen LogP contribution in [-0.2, 0) is 28.7 Å². The monoisotopic (exact) mass is 623 g/mol. The molecule has 2 fully saturated rings. The zero-order valence-electron chi connectivity index (χ0n) is 23.8. The van der Waals surface area contributed by atoms with Crippen molar-refractivity contribution in [3.05, 3.63) is 22.7 Å². The zero-order valence-corrected chi connectivity index (χ0v) is 25.4. The molecule has 2 N–H and O–H groups in total. The number of nitrogens with zero attached hydrogens (tertiary/aromatic N) is 2. The van der Waals surface area contributed by atoms with Crippen LogP contribution in [-0.4, -0.2) is 94.7 Å². The number of hydrogen-bond acceptors (Lipinski definition) is 7. The first-order valence-electron chi connectivity index (χ1n) is 14.5. The smallest absolute Gasteiger partial charge is 0.313 e. The molecule has 0 aromatic rings. The number of carbonyl (C=O) groups is 4. The number of unbranched alkanes of at least 4 members (excludes halogenated alkanes) is 1. The molecule has 4 aliphatic rings. The maximum Gasteiger partial charge on any atom is 0.313 e. The summed E-state index contributed by atoms with van der Waals surface area (Å²) in [6.07, 6.45) is 7.26. The van der Waals surface area contributed by atoms with Crippen LogP contribution in [0.5, 0.6) is 0 Å². The summed E-state index contributed by atoms with van der Waals surface area (Å²) in [7, 11) is 0. The normalized spacial score (nSPS) is 35.2. The molecule has 0 radical (unpaired) electrons. The van der Waals surface area contributed by atoms with Gasteiger partial charge in [0.25, 0.3) is 0 Å². The molecule has 40 heavy (non-hydrogen) atoms. The number of hydrogen-bond donors (Lipinski definition) is 2. The van der Waals surface area contributed by atoms with Crippen LogP contribution in [0.25, 0.3) is 0 Å². The van der Waals surface area contributed by atoms with Crippen molar-refractivity contribution >= 4 is 39.6 Å². The summed E-state index contributed by atoms with van der Waals surface area (Å²) in [5.74, 6) is -3.47. The highest BCUT2D eigenvalue weighted by Crippen LogP contribution is 2.59. The van der Waals surface area contributed by atoms with E-state index in [2.05, 4.69) is 21.2 Å². The van der Waals surface area contributed by atoms with E-state index in [0.717, 1.165) is 12.8 Å². The standard InChI is InChI=1S/C29H42BrN3O7/c1-5-7-12-32-13-10-8-9-11-21(35)31-15-18(4)39-28(38)22-23-26(36)33(20(16-34)17(3)6-2)25(27(32)37)29(23)14-19(30)24(22)40-29/h8,10,14,17-18,20,22-25,34H,5-7,9,11-13,15-16H2,1-4H3,(H,31,35)/b10-8-/t17-,18+,20-,22-,23+,24-,25-,29+/m0/s1. The number of cyclic esters (lactones) is 1. The molecule has 4 rings (SSSR count). The Balaban J connectivity index is 1.83. The lowest BCUT2D eigenvalue weighted by molar-refractivity contribution is -0.160. The van der Waals surface area contributed by atoms with Crippen molar-refractivity contribution < 1.29 is 33.8 Å². The lowest BCUT2D eigenvalue weighted by Gasteiger charge is -2.40. The van der Waals surface area contributed by atoms with E-state index in [9.17, 15) is 24.3 Å². The van der Waals surface area contributed by atoms with Crippen molar-refractivity contribution in [1.82, 2.24) is 15.1 Å². The van der Waals surface area contributed by atoms with Crippen LogP contribution in [0.2, 0.25) is 0 Å². The number of likely N-dealkylation sites (tertiary alicyclic amines) is 1. The van der Waals surface area contributed by atoms with E-state index in [-0.39, 0.29) is 43.2 Å². The lowest BCUT2D eigenvalue weighted by atomic mass is 9.74. The van der Waals surface area contributed by atoms with Crippen LogP contribution in [0.4, 0.5) is 0 Å². The molecule has 3 amide bonds. The first kappa shape index (κ1) is 30.7. The fraction of sp³-hybridized carbons (Fsp3) is 0.724. The number of aliphatic hydroxyl groups excluding tert-OH is 1. The molecule has 0 unspecified atom stereocenters. The summed E-state index contributed by atoms with van der Waals surface area (Å²) in [6.45, 7) is 8.27. The Hall–Kier alpha value is -2.24. The quantitative estimate of drug-likeness (QED) is 0.329. The van der Waals surface area contributed by atoms with Gasteiger partial charge in [0.2, 0.25) is 17.7 Å². The molecular weight excluding hydrogens is 582 g/mol. The number of fused-ring (bicyclic) bond motifs is 2. The fourth-order valence-electron chi connectivity index (χ4n) is 6.39. The maximum absolute atomic E-state index is 14.5. The van der Waals surface area contributed by atoms with Gasteiger partial charge in [-0.05, 0) is 31.8 Å². The fourth-order valence-corrected chi connectivity index (χ4v) is 7.13. The van der Waals surface area contributed by atoms with E-state index in [4.69, 9.17) is 9.47 Å². The number of nitrogens with one attached hydrogen (secondary N) is 1. The lowest BCUT2D eigenvalue weighted by Crippen LogP contribution is -2.59. The molecule has 0 aromatic heterocycles. The van der Waals surface area contributed by atoms with Crippen LogP contribution < -0.4 is 5.32 Å². The first-order valence-corrected chi connectivity index (χ1v) is 15.3. The highest BCUT2D eigenvalue weighted by Gasteiger charge is 2.75. The second-order valence-electron chi connectivity index (χ2n) is 11.4. The number of esters is 1. The molecule has 4 aliphatic heterocycles. The summed E-state index contributed by atoms with van der Waals surface area (Å²) in [5, 5.41) is 13.3. The van der Waals surface area contributed by atoms with Gasteiger partial charge in [0.05, 0.1) is 25.1 Å². The molecule has 10 nitrogen and oxygen atoms in total. The van der Waals surface area contributed by atoms with Crippen LogP contribution in [0.3, 0.4) is 0 Å². The van der Waals surface area contributed by atoms with Gasteiger partial charge in [0.15, 0.2) is 0 Å². The van der Waals surface area contributed by atoms with Crippen molar-refractivity contribution in [2.24, 2.45) is 17.8 Å². The Bertz CT molecular complexity index is 1060. The summed E-state index contributed by atoms with van der Waals surface area (Å²) in [5.41, 5.74) is -1.37. The third-order valence-corrected chi connectivity index (χ3v) is 9.42. The van der Waals surface area contributed by atoms with Gasteiger partial charge in [0.1, 0.15) is 29.8 Å². The Morgan fingerprint density at radius 2 is 1.95 bits per heavy atom. The minimum absolute atomic E-state index is 0.0972. The van der Waals surface area contributed by atoms with E-state index < -0.39 is 47.7 Å².